The molecule has 0 aromatic heterocycles. The molecule has 4 nitrogen and oxygen atoms in total. The van der Waals surface area contributed by atoms with E-state index in [2.05, 4.69) is 10.6 Å². The van der Waals surface area contributed by atoms with Gasteiger partial charge in [0.05, 0.1) is 0 Å². The molecule has 0 aliphatic heterocycles. The molecular weight excluding hydrogens is 204 g/mol. The minimum atomic E-state index is 0.0330. The molecule has 0 fully saturated rings. The maximum atomic E-state index is 10.7. The Labute approximate surface area is 96.8 Å². The Balaban J connectivity index is 3.77. The molecule has 0 saturated carbocycles. The standard InChI is InChI=1S/C12H20N2O2/c1-9(7-11(3)15)13-5-6-14-10(2)8-12(4)16/h7-8,13-14H,5-6H2,1-4H3/b9-7+,10-8+. The molecule has 0 amide bonds. The average Bonchev–Trinajstić information content (AvgIpc) is 2.10. The molecule has 0 heterocycles. The van der Waals surface area contributed by atoms with E-state index in [-0.39, 0.29) is 11.6 Å². The minimum Gasteiger partial charge on any atom is -0.387 e. The lowest BCUT2D eigenvalue weighted by atomic mass is 10.3. The first-order valence-corrected chi connectivity index (χ1v) is 5.27. The van der Waals surface area contributed by atoms with Crippen LogP contribution >= 0.6 is 0 Å². The van der Waals surface area contributed by atoms with Crippen LogP contribution in [0.1, 0.15) is 27.7 Å². The Hall–Kier alpha value is -1.58. The van der Waals surface area contributed by atoms with Gasteiger partial charge in [-0.25, -0.2) is 0 Å². The summed E-state index contributed by atoms with van der Waals surface area (Å²) in [5, 5.41) is 6.18. The fourth-order valence-corrected chi connectivity index (χ4v) is 1.23. The summed E-state index contributed by atoms with van der Waals surface area (Å²) in [6.45, 7) is 8.14. The third-order valence-electron chi connectivity index (χ3n) is 1.77. The molecule has 2 N–H and O–H groups in total. The highest BCUT2D eigenvalue weighted by Crippen LogP contribution is 1.88. The van der Waals surface area contributed by atoms with Gasteiger partial charge in [-0.3, -0.25) is 9.59 Å². The van der Waals surface area contributed by atoms with Crippen LogP contribution < -0.4 is 10.6 Å². The predicted molar refractivity (Wildman–Crippen MR) is 64.9 cm³/mol. The van der Waals surface area contributed by atoms with Gasteiger partial charge in [0, 0.05) is 24.5 Å². The SMILES string of the molecule is CC(=O)/C=C(\C)NCCN/C(C)=C/C(C)=O. The molecule has 16 heavy (non-hydrogen) atoms. The van der Waals surface area contributed by atoms with Gasteiger partial charge in [-0.15, -0.1) is 0 Å². The molecule has 0 aromatic carbocycles. The van der Waals surface area contributed by atoms with Crippen molar-refractivity contribution in [2.24, 2.45) is 0 Å². The highest BCUT2D eigenvalue weighted by Gasteiger charge is 1.93. The van der Waals surface area contributed by atoms with Crippen molar-refractivity contribution in [3.63, 3.8) is 0 Å². The summed E-state index contributed by atoms with van der Waals surface area (Å²) in [6.07, 6.45) is 3.11. The molecule has 0 atom stereocenters. The molecule has 0 aromatic rings. The molecular formula is C12H20N2O2. The fourth-order valence-electron chi connectivity index (χ4n) is 1.23. The Morgan fingerprint density at radius 3 is 1.38 bits per heavy atom. The Morgan fingerprint density at radius 2 is 1.12 bits per heavy atom. The molecule has 4 heteroatoms. The van der Waals surface area contributed by atoms with Gasteiger partial charge in [-0.05, 0) is 39.8 Å². The summed E-state index contributed by atoms with van der Waals surface area (Å²) in [5.41, 5.74) is 1.70. The topological polar surface area (TPSA) is 58.2 Å². The number of allylic oxidation sites excluding steroid dienone is 4. The maximum Gasteiger partial charge on any atom is 0.154 e. The zero-order chi connectivity index (χ0) is 12.6. The van der Waals surface area contributed by atoms with Crippen molar-refractivity contribution in [1.82, 2.24) is 10.6 Å². The molecule has 0 aliphatic rings. The maximum absolute atomic E-state index is 10.7. The second kappa shape index (κ2) is 7.68. The fraction of sp³-hybridized carbons (Fsp3) is 0.500. The zero-order valence-electron chi connectivity index (χ0n) is 10.4. The van der Waals surface area contributed by atoms with E-state index in [9.17, 15) is 9.59 Å². The van der Waals surface area contributed by atoms with Gasteiger partial charge in [-0.1, -0.05) is 0 Å². The van der Waals surface area contributed by atoms with Crippen molar-refractivity contribution in [2.45, 2.75) is 27.7 Å². The quantitative estimate of drug-likeness (QED) is 0.503. The van der Waals surface area contributed by atoms with Crippen molar-refractivity contribution >= 4 is 11.6 Å². The van der Waals surface area contributed by atoms with Crippen LogP contribution in [0.5, 0.6) is 0 Å². The summed E-state index contributed by atoms with van der Waals surface area (Å²) in [5.74, 6) is 0.0660. The van der Waals surface area contributed by atoms with E-state index in [4.69, 9.17) is 0 Å². The Morgan fingerprint density at radius 1 is 0.812 bits per heavy atom. The van der Waals surface area contributed by atoms with Crippen LogP contribution in [0, 0.1) is 0 Å². The summed E-state index contributed by atoms with van der Waals surface area (Å²) < 4.78 is 0. The van der Waals surface area contributed by atoms with Crippen LogP contribution in [-0.2, 0) is 9.59 Å². The smallest absolute Gasteiger partial charge is 0.154 e. The van der Waals surface area contributed by atoms with Crippen molar-refractivity contribution in [1.29, 1.82) is 0 Å². The van der Waals surface area contributed by atoms with Gasteiger partial charge in [0.25, 0.3) is 0 Å². The Bertz CT molecular complexity index is 285. The van der Waals surface area contributed by atoms with Gasteiger partial charge in [0.2, 0.25) is 0 Å². The summed E-state index contributed by atoms with van der Waals surface area (Å²) in [7, 11) is 0. The van der Waals surface area contributed by atoms with E-state index >= 15 is 0 Å². The van der Waals surface area contributed by atoms with Gasteiger partial charge >= 0.3 is 0 Å². The van der Waals surface area contributed by atoms with Crippen molar-refractivity contribution in [3.05, 3.63) is 23.5 Å². The number of carbonyl (C=O) groups is 2. The highest BCUT2D eigenvalue weighted by molar-refractivity contribution is 5.88. The van der Waals surface area contributed by atoms with E-state index < -0.39 is 0 Å². The van der Waals surface area contributed by atoms with Crippen molar-refractivity contribution in [3.8, 4) is 0 Å². The van der Waals surface area contributed by atoms with E-state index in [0.29, 0.717) is 13.1 Å². The number of ketones is 2. The Kier molecular flexibility index (Phi) is 6.92. The van der Waals surface area contributed by atoms with Crippen LogP contribution in [-0.4, -0.2) is 24.7 Å². The number of rotatable bonds is 7. The molecule has 0 spiro atoms. The van der Waals surface area contributed by atoms with Crippen LogP contribution in [0.2, 0.25) is 0 Å². The van der Waals surface area contributed by atoms with E-state index in [1.165, 1.54) is 13.8 Å². The predicted octanol–water partition coefficient (Wildman–Crippen LogP) is 1.15. The minimum absolute atomic E-state index is 0.0330. The molecule has 0 aliphatic carbocycles. The average molecular weight is 224 g/mol. The largest absolute Gasteiger partial charge is 0.387 e. The van der Waals surface area contributed by atoms with Crippen LogP contribution in [0.25, 0.3) is 0 Å². The first-order valence-electron chi connectivity index (χ1n) is 5.27. The van der Waals surface area contributed by atoms with Gasteiger partial charge in [-0.2, -0.15) is 0 Å². The number of hydrogen-bond acceptors (Lipinski definition) is 4. The first-order chi connectivity index (χ1) is 7.41. The third-order valence-corrected chi connectivity index (χ3v) is 1.77. The van der Waals surface area contributed by atoms with Crippen LogP contribution in [0.4, 0.5) is 0 Å². The summed E-state index contributed by atoms with van der Waals surface area (Å²) >= 11 is 0. The molecule has 90 valence electrons. The van der Waals surface area contributed by atoms with E-state index in [1.807, 2.05) is 13.8 Å². The van der Waals surface area contributed by atoms with Gasteiger partial charge < -0.3 is 10.6 Å². The lowest BCUT2D eigenvalue weighted by Gasteiger charge is -2.08. The molecule has 0 saturated heterocycles. The van der Waals surface area contributed by atoms with Crippen LogP contribution in [0.15, 0.2) is 23.5 Å². The second-order valence-electron chi connectivity index (χ2n) is 3.73. The highest BCUT2D eigenvalue weighted by atomic mass is 16.1. The molecule has 0 radical (unpaired) electrons. The first kappa shape index (κ1) is 14.4. The summed E-state index contributed by atoms with van der Waals surface area (Å²) in [6, 6.07) is 0. The number of nitrogens with one attached hydrogen (secondary N) is 2. The van der Waals surface area contributed by atoms with Gasteiger partial charge in [0.1, 0.15) is 0 Å². The number of hydrogen-bond donors (Lipinski definition) is 2. The summed E-state index contributed by atoms with van der Waals surface area (Å²) in [4.78, 5) is 21.5. The molecule has 0 rings (SSSR count). The lowest BCUT2D eigenvalue weighted by molar-refractivity contribution is -0.113. The van der Waals surface area contributed by atoms with Crippen LogP contribution in [0.3, 0.4) is 0 Å². The number of carbonyl (C=O) groups excluding carboxylic acids is 2. The van der Waals surface area contributed by atoms with Gasteiger partial charge in [0.15, 0.2) is 11.6 Å². The zero-order valence-corrected chi connectivity index (χ0v) is 10.4. The van der Waals surface area contributed by atoms with E-state index in [1.54, 1.807) is 12.2 Å². The van der Waals surface area contributed by atoms with Crippen molar-refractivity contribution in [2.75, 3.05) is 13.1 Å². The third kappa shape index (κ3) is 8.99. The van der Waals surface area contributed by atoms with Crippen molar-refractivity contribution < 1.29 is 9.59 Å². The van der Waals surface area contributed by atoms with E-state index in [0.717, 1.165) is 11.4 Å². The molecule has 0 unspecified atom stereocenters. The molecule has 0 bridgehead atoms. The normalized spacial score (nSPS) is 12.2. The monoisotopic (exact) mass is 224 g/mol. The second-order valence-corrected chi connectivity index (χ2v) is 3.73. The lowest BCUT2D eigenvalue weighted by Crippen LogP contribution is -2.25.